The second-order valence-electron chi connectivity index (χ2n) is 5.44. The Kier molecular flexibility index (Phi) is 3.42. The first-order valence-electron chi connectivity index (χ1n) is 7.28. The van der Waals surface area contributed by atoms with E-state index >= 15 is 0 Å². The van der Waals surface area contributed by atoms with Crippen LogP contribution in [0.4, 0.5) is 5.95 Å². The van der Waals surface area contributed by atoms with Crippen LogP contribution in [0, 0.1) is 0 Å². The number of halogens is 1. The van der Waals surface area contributed by atoms with Crippen LogP contribution in [0.3, 0.4) is 0 Å². The lowest BCUT2D eigenvalue weighted by molar-refractivity contribution is 0.430. The number of benzene rings is 2. The molecule has 3 aromatic rings. The normalized spacial score (nSPS) is 20.2. The van der Waals surface area contributed by atoms with E-state index < -0.39 is 0 Å². The predicted molar refractivity (Wildman–Crippen MR) is 89.7 cm³/mol. The molecule has 2 heterocycles. The molecule has 0 amide bonds. The Labute approximate surface area is 137 Å². The number of hydrogen-bond acceptors (Lipinski definition) is 3. The number of nitrogens with one attached hydrogen (secondary N) is 1. The Morgan fingerprint density at radius 2 is 1.86 bits per heavy atom. The summed E-state index contributed by atoms with van der Waals surface area (Å²) in [4.78, 5) is 4.36. The van der Waals surface area contributed by atoms with Gasteiger partial charge in [0.05, 0.1) is 12.1 Å². The van der Waals surface area contributed by atoms with E-state index in [1.165, 1.54) is 11.1 Å². The number of anilines is 1. The van der Waals surface area contributed by atoms with E-state index in [0.717, 1.165) is 16.8 Å². The topological polar surface area (TPSA) is 42.7 Å². The van der Waals surface area contributed by atoms with Crippen molar-refractivity contribution in [1.29, 1.82) is 0 Å². The molecule has 0 saturated heterocycles. The molecule has 0 fully saturated rings. The van der Waals surface area contributed by atoms with Crippen LogP contribution in [-0.4, -0.2) is 14.8 Å². The Balaban J connectivity index is 1.75. The molecule has 1 aliphatic rings. The van der Waals surface area contributed by atoms with E-state index in [0.29, 0.717) is 0 Å². The molecule has 0 aliphatic carbocycles. The number of fused-ring (bicyclic) bond motifs is 1. The molecular formula is C17H15BrN4. The molecular weight excluding hydrogens is 340 g/mol. The SMILES string of the molecule is Brc1cccc([C@@H]2C[C@H](c3ccccc3)Nc3ncnn32)c1. The lowest BCUT2D eigenvalue weighted by Gasteiger charge is -2.31. The second-order valence-corrected chi connectivity index (χ2v) is 6.36. The van der Waals surface area contributed by atoms with Crippen LogP contribution in [0.2, 0.25) is 0 Å². The third-order valence-electron chi connectivity index (χ3n) is 4.07. The van der Waals surface area contributed by atoms with Gasteiger partial charge in [0.1, 0.15) is 6.33 Å². The van der Waals surface area contributed by atoms with Crippen LogP contribution in [-0.2, 0) is 0 Å². The van der Waals surface area contributed by atoms with E-state index in [1.54, 1.807) is 6.33 Å². The monoisotopic (exact) mass is 354 g/mol. The lowest BCUT2D eigenvalue weighted by Crippen LogP contribution is -2.28. The summed E-state index contributed by atoms with van der Waals surface area (Å²) < 4.78 is 3.06. The van der Waals surface area contributed by atoms with Crippen LogP contribution >= 0.6 is 15.9 Å². The maximum absolute atomic E-state index is 4.40. The van der Waals surface area contributed by atoms with Gasteiger partial charge in [0, 0.05) is 4.47 Å². The molecule has 4 nitrogen and oxygen atoms in total. The highest BCUT2D eigenvalue weighted by Crippen LogP contribution is 2.37. The van der Waals surface area contributed by atoms with Gasteiger partial charge in [0.25, 0.3) is 0 Å². The predicted octanol–water partition coefficient (Wildman–Crippen LogP) is 4.19. The van der Waals surface area contributed by atoms with Gasteiger partial charge in [0.2, 0.25) is 5.95 Å². The van der Waals surface area contributed by atoms with Crippen molar-refractivity contribution < 1.29 is 0 Å². The second kappa shape index (κ2) is 5.57. The smallest absolute Gasteiger partial charge is 0.222 e. The zero-order valence-electron chi connectivity index (χ0n) is 11.9. The highest BCUT2D eigenvalue weighted by molar-refractivity contribution is 9.10. The number of nitrogens with zero attached hydrogens (tertiary/aromatic N) is 3. The summed E-state index contributed by atoms with van der Waals surface area (Å²) in [5, 5.41) is 7.89. The van der Waals surface area contributed by atoms with Gasteiger partial charge in [-0.3, -0.25) is 0 Å². The Morgan fingerprint density at radius 3 is 2.68 bits per heavy atom. The largest absolute Gasteiger partial charge is 0.348 e. The van der Waals surface area contributed by atoms with Crippen molar-refractivity contribution in [2.75, 3.05) is 5.32 Å². The first kappa shape index (κ1) is 13.5. The molecule has 1 aromatic heterocycles. The average molecular weight is 355 g/mol. The van der Waals surface area contributed by atoms with Crippen molar-refractivity contribution in [2.24, 2.45) is 0 Å². The number of hydrogen-bond donors (Lipinski definition) is 1. The standard InChI is InChI=1S/C17H15BrN4/c18-14-8-4-7-13(9-14)16-10-15(12-5-2-1-3-6-12)21-17-19-11-20-22(16)17/h1-9,11,15-16H,10H2,(H,19,20,21)/t15-,16+/m1/s1. The maximum Gasteiger partial charge on any atom is 0.222 e. The quantitative estimate of drug-likeness (QED) is 0.750. The van der Waals surface area contributed by atoms with Gasteiger partial charge in [-0.2, -0.15) is 10.1 Å². The van der Waals surface area contributed by atoms with Crippen molar-refractivity contribution in [3.05, 3.63) is 76.5 Å². The number of aromatic nitrogens is 3. The molecule has 5 heteroatoms. The fourth-order valence-electron chi connectivity index (χ4n) is 3.02. The summed E-state index contributed by atoms with van der Waals surface area (Å²) in [5.41, 5.74) is 2.51. The van der Waals surface area contributed by atoms with Crippen molar-refractivity contribution in [1.82, 2.24) is 14.8 Å². The minimum atomic E-state index is 0.182. The van der Waals surface area contributed by atoms with Gasteiger partial charge < -0.3 is 5.32 Å². The highest BCUT2D eigenvalue weighted by atomic mass is 79.9. The molecule has 2 atom stereocenters. The minimum absolute atomic E-state index is 0.182. The fraction of sp³-hybridized carbons (Fsp3) is 0.176. The van der Waals surface area contributed by atoms with Crippen molar-refractivity contribution in [2.45, 2.75) is 18.5 Å². The molecule has 0 spiro atoms. The molecule has 0 saturated carbocycles. The molecule has 110 valence electrons. The van der Waals surface area contributed by atoms with Crippen LogP contribution in [0.5, 0.6) is 0 Å². The maximum atomic E-state index is 4.40. The highest BCUT2D eigenvalue weighted by Gasteiger charge is 2.29. The molecule has 2 aromatic carbocycles. The Hall–Kier alpha value is -2.14. The summed E-state index contributed by atoms with van der Waals surface area (Å²) >= 11 is 3.56. The van der Waals surface area contributed by atoms with Gasteiger partial charge in [-0.1, -0.05) is 58.4 Å². The van der Waals surface area contributed by atoms with E-state index in [1.807, 2.05) is 16.8 Å². The molecule has 22 heavy (non-hydrogen) atoms. The molecule has 1 N–H and O–H groups in total. The summed E-state index contributed by atoms with van der Waals surface area (Å²) in [6.07, 6.45) is 2.55. The zero-order valence-corrected chi connectivity index (χ0v) is 13.4. The first-order chi connectivity index (χ1) is 10.8. The van der Waals surface area contributed by atoms with E-state index in [4.69, 9.17) is 0 Å². The van der Waals surface area contributed by atoms with Crippen molar-refractivity contribution >= 4 is 21.9 Å². The average Bonchev–Trinajstić information content (AvgIpc) is 3.03. The first-order valence-corrected chi connectivity index (χ1v) is 8.07. The third kappa shape index (κ3) is 2.41. The summed E-state index contributed by atoms with van der Waals surface area (Å²) in [6.45, 7) is 0. The Morgan fingerprint density at radius 1 is 1.05 bits per heavy atom. The molecule has 4 rings (SSSR count). The van der Waals surface area contributed by atoms with E-state index in [9.17, 15) is 0 Å². The fourth-order valence-corrected chi connectivity index (χ4v) is 3.43. The molecule has 1 aliphatic heterocycles. The summed E-state index contributed by atoms with van der Waals surface area (Å²) in [5.74, 6) is 0.824. The van der Waals surface area contributed by atoms with Gasteiger partial charge in [-0.15, -0.1) is 0 Å². The van der Waals surface area contributed by atoms with E-state index in [-0.39, 0.29) is 12.1 Å². The molecule has 0 bridgehead atoms. The van der Waals surface area contributed by atoms with Crippen molar-refractivity contribution in [3.8, 4) is 0 Å². The van der Waals surface area contributed by atoms with Gasteiger partial charge in [0.15, 0.2) is 0 Å². The zero-order chi connectivity index (χ0) is 14.9. The van der Waals surface area contributed by atoms with Crippen LogP contribution in [0.15, 0.2) is 65.4 Å². The van der Waals surface area contributed by atoms with Crippen molar-refractivity contribution in [3.63, 3.8) is 0 Å². The molecule has 0 unspecified atom stereocenters. The van der Waals surface area contributed by atoms with Gasteiger partial charge >= 0.3 is 0 Å². The Bertz CT molecular complexity index is 784. The van der Waals surface area contributed by atoms with Crippen LogP contribution in [0.1, 0.15) is 29.6 Å². The van der Waals surface area contributed by atoms with Gasteiger partial charge in [-0.05, 0) is 29.7 Å². The number of rotatable bonds is 2. The van der Waals surface area contributed by atoms with Crippen LogP contribution in [0.25, 0.3) is 0 Å². The summed E-state index contributed by atoms with van der Waals surface area (Å²) in [7, 11) is 0. The van der Waals surface area contributed by atoms with Gasteiger partial charge in [-0.25, -0.2) is 4.68 Å². The lowest BCUT2D eigenvalue weighted by atomic mass is 9.93. The molecule has 0 radical (unpaired) electrons. The van der Waals surface area contributed by atoms with Crippen LogP contribution < -0.4 is 5.32 Å². The third-order valence-corrected chi connectivity index (χ3v) is 4.56. The van der Waals surface area contributed by atoms with E-state index in [2.05, 4.69) is 73.8 Å². The summed E-state index contributed by atoms with van der Waals surface area (Å²) in [6, 6.07) is 19.3. The minimum Gasteiger partial charge on any atom is -0.348 e.